The third kappa shape index (κ3) is 9.15. The van der Waals surface area contributed by atoms with Crippen LogP contribution in [0, 0.1) is 5.82 Å². The first kappa shape index (κ1) is 28.6. The standard InChI is InChI=1S/C30H41FN2O4/c1-4-5-6-7-8-9-18-36-30(35)26-12-16-28(17-13-26)37-22-29(34)33-20-23(2)32(19-24(33)3)21-25-10-14-27(31)15-11-25/h10-17,23-24H,4-9,18-22H2,1-3H3/t23-,24+/m1/s1. The van der Waals surface area contributed by atoms with Gasteiger partial charge in [-0.3, -0.25) is 9.69 Å². The minimum atomic E-state index is -0.336. The lowest BCUT2D eigenvalue weighted by Gasteiger charge is -2.44. The number of rotatable bonds is 13. The van der Waals surface area contributed by atoms with Crippen molar-refractivity contribution in [1.29, 1.82) is 0 Å². The number of carbonyl (C=O) groups excluding carboxylic acids is 2. The van der Waals surface area contributed by atoms with Crippen molar-refractivity contribution in [2.75, 3.05) is 26.3 Å². The summed E-state index contributed by atoms with van der Waals surface area (Å²) in [6, 6.07) is 13.5. The largest absolute Gasteiger partial charge is 0.484 e. The Labute approximate surface area is 220 Å². The van der Waals surface area contributed by atoms with Gasteiger partial charge >= 0.3 is 5.97 Å². The van der Waals surface area contributed by atoms with E-state index in [-0.39, 0.29) is 36.4 Å². The van der Waals surface area contributed by atoms with Crippen LogP contribution in [0.5, 0.6) is 5.75 Å². The first-order valence-corrected chi connectivity index (χ1v) is 13.5. The molecule has 1 fully saturated rings. The van der Waals surface area contributed by atoms with Crippen molar-refractivity contribution < 1.29 is 23.5 Å². The first-order chi connectivity index (χ1) is 17.9. The number of hydrogen-bond acceptors (Lipinski definition) is 5. The molecule has 1 heterocycles. The topological polar surface area (TPSA) is 59.1 Å². The zero-order chi connectivity index (χ0) is 26.6. The van der Waals surface area contributed by atoms with Gasteiger partial charge < -0.3 is 14.4 Å². The summed E-state index contributed by atoms with van der Waals surface area (Å²) in [7, 11) is 0. The normalized spacial score (nSPS) is 18.0. The van der Waals surface area contributed by atoms with Gasteiger partial charge in [-0.2, -0.15) is 0 Å². The molecule has 2 atom stereocenters. The highest BCUT2D eigenvalue weighted by Gasteiger charge is 2.32. The van der Waals surface area contributed by atoms with Gasteiger partial charge in [-0.05, 0) is 62.2 Å². The molecule has 0 bridgehead atoms. The van der Waals surface area contributed by atoms with E-state index in [4.69, 9.17) is 9.47 Å². The van der Waals surface area contributed by atoms with Gasteiger partial charge in [0.05, 0.1) is 12.2 Å². The Morgan fingerprint density at radius 3 is 2.27 bits per heavy atom. The minimum absolute atomic E-state index is 0.0385. The summed E-state index contributed by atoms with van der Waals surface area (Å²) in [6.07, 6.45) is 6.86. The molecule has 0 spiro atoms. The summed E-state index contributed by atoms with van der Waals surface area (Å²) in [4.78, 5) is 29.3. The Kier molecular flexibility index (Phi) is 11.4. The second-order valence-electron chi connectivity index (χ2n) is 10.0. The molecule has 0 saturated carbocycles. The molecular weight excluding hydrogens is 471 g/mol. The van der Waals surface area contributed by atoms with E-state index >= 15 is 0 Å². The molecule has 1 aliphatic heterocycles. The van der Waals surface area contributed by atoms with E-state index in [2.05, 4.69) is 18.7 Å². The Morgan fingerprint density at radius 2 is 1.57 bits per heavy atom. The molecular formula is C30H41FN2O4. The second-order valence-corrected chi connectivity index (χ2v) is 10.0. The van der Waals surface area contributed by atoms with Gasteiger partial charge in [0.2, 0.25) is 0 Å². The third-order valence-corrected chi connectivity index (χ3v) is 6.92. The van der Waals surface area contributed by atoms with Gasteiger partial charge in [0.25, 0.3) is 5.91 Å². The van der Waals surface area contributed by atoms with Crippen LogP contribution in [0.2, 0.25) is 0 Å². The Morgan fingerprint density at radius 1 is 0.892 bits per heavy atom. The van der Waals surface area contributed by atoms with Crippen LogP contribution in [-0.2, 0) is 16.1 Å². The van der Waals surface area contributed by atoms with E-state index in [1.54, 1.807) is 36.4 Å². The van der Waals surface area contributed by atoms with E-state index in [1.807, 2.05) is 11.8 Å². The molecule has 202 valence electrons. The monoisotopic (exact) mass is 512 g/mol. The lowest BCUT2D eigenvalue weighted by Crippen LogP contribution is -2.58. The predicted octanol–water partition coefficient (Wildman–Crippen LogP) is 5.84. The van der Waals surface area contributed by atoms with Gasteiger partial charge in [-0.25, -0.2) is 9.18 Å². The van der Waals surface area contributed by atoms with Crippen LogP contribution in [0.4, 0.5) is 4.39 Å². The van der Waals surface area contributed by atoms with E-state index in [9.17, 15) is 14.0 Å². The maximum atomic E-state index is 13.2. The van der Waals surface area contributed by atoms with Crippen molar-refractivity contribution in [3.8, 4) is 5.75 Å². The van der Waals surface area contributed by atoms with Crippen molar-refractivity contribution in [3.63, 3.8) is 0 Å². The average molecular weight is 513 g/mol. The van der Waals surface area contributed by atoms with Crippen LogP contribution in [0.1, 0.15) is 75.2 Å². The van der Waals surface area contributed by atoms with Crippen LogP contribution in [0.3, 0.4) is 0 Å². The van der Waals surface area contributed by atoms with Crippen LogP contribution < -0.4 is 4.74 Å². The molecule has 0 unspecified atom stereocenters. The fraction of sp³-hybridized carbons (Fsp3) is 0.533. The molecule has 2 aromatic rings. The lowest BCUT2D eigenvalue weighted by molar-refractivity contribution is -0.139. The summed E-state index contributed by atoms with van der Waals surface area (Å²) in [5.41, 5.74) is 1.53. The highest BCUT2D eigenvalue weighted by atomic mass is 19.1. The molecule has 0 aliphatic carbocycles. The fourth-order valence-electron chi connectivity index (χ4n) is 4.64. The second kappa shape index (κ2) is 14.7. The Bertz CT molecular complexity index is 980. The van der Waals surface area contributed by atoms with Crippen LogP contribution in [0.25, 0.3) is 0 Å². The summed E-state index contributed by atoms with van der Waals surface area (Å²) in [6.45, 7) is 8.76. The van der Waals surface area contributed by atoms with Gasteiger partial charge in [0.15, 0.2) is 6.61 Å². The van der Waals surface area contributed by atoms with E-state index in [1.165, 1.54) is 37.8 Å². The summed E-state index contributed by atoms with van der Waals surface area (Å²) in [5, 5.41) is 0. The van der Waals surface area contributed by atoms with Crippen LogP contribution >= 0.6 is 0 Å². The van der Waals surface area contributed by atoms with Gasteiger partial charge in [0, 0.05) is 31.7 Å². The molecule has 2 aromatic carbocycles. The number of esters is 1. The highest BCUT2D eigenvalue weighted by molar-refractivity contribution is 5.89. The third-order valence-electron chi connectivity index (χ3n) is 6.92. The molecule has 1 aliphatic rings. The number of carbonyl (C=O) groups is 2. The number of unbranched alkanes of at least 4 members (excludes halogenated alkanes) is 5. The molecule has 6 nitrogen and oxygen atoms in total. The molecule has 0 aromatic heterocycles. The van der Waals surface area contributed by atoms with Crippen molar-refractivity contribution in [2.24, 2.45) is 0 Å². The number of ether oxygens (including phenoxy) is 2. The number of benzene rings is 2. The minimum Gasteiger partial charge on any atom is -0.484 e. The molecule has 7 heteroatoms. The maximum absolute atomic E-state index is 13.2. The molecule has 37 heavy (non-hydrogen) atoms. The van der Waals surface area contributed by atoms with Gasteiger partial charge in [-0.1, -0.05) is 51.2 Å². The van der Waals surface area contributed by atoms with E-state index in [0.29, 0.717) is 24.5 Å². The average Bonchev–Trinajstić information content (AvgIpc) is 2.90. The summed E-state index contributed by atoms with van der Waals surface area (Å²) >= 11 is 0. The fourth-order valence-corrected chi connectivity index (χ4v) is 4.64. The molecule has 1 saturated heterocycles. The molecule has 0 N–H and O–H groups in total. The molecule has 0 radical (unpaired) electrons. The summed E-state index contributed by atoms with van der Waals surface area (Å²) in [5.74, 6) is -0.101. The Balaban J connectivity index is 1.40. The molecule has 1 amide bonds. The Hall–Kier alpha value is -2.93. The zero-order valence-electron chi connectivity index (χ0n) is 22.5. The van der Waals surface area contributed by atoms with Crippen LogP contribution in [0.15, 0.2) is 48.5 Å². The number of piperazine rings is 1. The SMILES string of the molecule is CCCCCCCCOC(=O)c1ccc(OCC(=O)N2C[C@@H](C)N(Cc3ccc(F)cc3)C[C@@H]2C)cc1. The van der Waals surface area contributed by atoms with Gasteiger partial charge in [0.1, 0.15) is 11.6 Å². The van der Waals surface area contributed by atoms with Crippen molar-refractivity contribution in [2.45, 2.75) is 77.9 Å². The number of hydrogen-bond donors (Lipinski definition) is 0. The van der Waals surface area contributed by atoms with E-state index < -0.39 is 0 Å². The first-order valence-electron chi connectivity index (χ1n) is 13.5. The predicted molar refractivity (Wildman–Crippen MR) is 143 cm³/mol. The number of amides is 1. The maximum Gasteiger partial charge on any atom is 0.338 e. The number of halogens is 1. The van der Waals surface area contributed by atoms with Crippen molar-refractivity contribution in [1.82, 2.24) is 9.80 Å². The summed E-state index contributed by atoms with van der Waals surface area (Å²) < 4.78 is 24.3. The number of nitrogens with zero attached hydrogens (tertiary/aromatic N) is 2. The lowest BCUT2D eigenvalue weighted by atomic mass is 10.1. The van der Waals surface area contributed by atoms with E-state index in [0.717, 1.165) is 31.5 Å². The van der Waals surface area contributed by atoms with Gasteiger partial charge in [-0.15, -0.1) is 0 Å². The quantitative estimate of drug-likeness (QED) is 0.249. The van der Waals surface area contributed by atoms with Crippen LogP contribution in [-0.4, -0.2) is 60.1 Å². The van der Waals surface area contributed by atoms with Crippen molar-refractivity contribution in [3.05, 3.63) is 65.5 Å². The highest BCUT2D eigenvalue weighted by Crippen LogP contribution is 2.20. The molecule has 3 rings (SSSR count). The smallest absolute Gasteiger partial charge is 0.338 e. The van der Waals surface area contributed by atoms with Crippen molar-refractivity contribution >= 4 is 11.9 Å². The zero-order valence-corrected chi connectivity index (χ0v) is 22.5.